The molecule has 0 spiro atoms. The molecule has 2 aromatic carbocycles. The monoisotopic (exact) mass is 397 g/mol. The third-order valence-electron chi connectivity index (χ3n) is 3.51. The van der Waals surface area contributed by atoms with Gasteiger partial charge in [0.05, 0.1) is 5.70 Å². The zero-order chi connectivity index (χ0) is 19.1. The van der Waals surface area contributed by atoms with Crippen molar-refractivity contribution in [1.82, 2.24) is 10.9 Å². The Hall–Kier alpha value is -2.38. The summed E-state index contributed by atoms with van der Waals surface area (Å²) in [5, 5.41) is 4.05. The van der Waals surface area contributed by atoms with Gasteiger partial charge in [0, 0.05) is 10.7 Å². The lowest BCUT2D eigenvalue weighted by Crippen LogP contribution is -2.39. The van der Waals surface area contributed by atoms with Crippen LogP contribution < -0.4 is 20.9 Å². The standard InChI is InChI=1S/C18H18ClF2N3OS/c1-3-15(12-7-9-13(10-8-12)25-17(20)21)23-24-18(26)22-16-6-4-5-14(19)11(16)2/h3-10,17,23H,1-2H3,(H2,22,24,26)/b15-3-. The van der Waals surface area contributed by atoms with E-state index in [-0.39, 0.29) is 5.75 Å². The molecule has 8 heteroatoms. The van der Waals surface area contributed by atoms with E-state index < -0.39 is 6.61 Å². The molecule has 0 saturated carbocycles. The quantitative estimate of drug-likeness (QED) is 0.467. The lowest BCUT2D eigenvalue weighted by molar-refractivity contribution is -0.0498. The predicted molar refractivity (Wildman–Crippen MR) is 105 cm³/mol. The van der Waals surface area contributed by atoms with Gasteiger partial charge in [-0.15, -0.1) is 0 Å². The van der Waals surface area contributed by atoms with Crippen LogP contribution in [-0.4, -0.2) is 11.7 Å². The van der Waals surface area contributed by atoms with Gasteiger partial charge in [0.2, 0.25) is 0 Å². The zero-order valence-corrected chi connectivity index (χ0v) is 15.7. The molecule has 0 unspecified atom stereocenters. The van der Waals surface area contributed by atoms with Crippen LogP contribution in [0.2, 0.25) is 5.02 Å². The second-order valence-corrected chi connectivity index (χ2v) is 6.04. The molecule has 3 N–H and O–H groups in total. The number of allylic oxidation sites excluding steroid dienone is 1. The summed E-state index contributed by atoms with van der Waals surface area (Å²) in [5.41, 5.74) is 9.06. The highest BCUT2D eigenvalue weighted by atomic mass is 35.5. The fourth-order valence-electron chi connectivity index (χ4n) is 2.15. The van der Waals surface area contributed by atoms with Gasteiger partial charge in [0.25, 0.3) is 0 Å². The van der Waals surface area contributed by atoms with Crippen molar-refractivity contribution in [3.05, 3.63) is 64.7 Å². The number of alkyl halides is 2. The molecule has 2 aromatic rings. The second-order valence-electron chi connectivity index (χ2n) is 5.22. The number of halogens is 3. The van der Waals surface area contributed by atoms with Gasteiger partial charge in [-0.2, -0.15) is 8.78 Å². The summed E-state index contributed by atoms with van der Waals surface area (Å²) in [7, 11) is 0. The Morgan fingerprint density at radius 1 is 1.15 bits per heavy atom. The van der Waals surface area contributed by atoms with Gasteiger partial charge < -0.3 is 10.1 Å². The van der Waals surface area contributed by atoms with Crippen molar-refractivity contribution in [1.29, 1.82) is 0 Å². The molecule has 0 amide bonds. The lowest BCUT2D eigenvalue weighted by atomic mass is 10.1. The summed E-state index contributed by atoms with van der Waals surface area (Å²) in [6.07, 6.45) is 1.82. The Kier molecular flexibility index (Phi) is 7.17. The van der Waals surface area contributed by atoms with Crippen LogP contribution >= 0.6 is 23.8 Å². The molecule has 0 saturated heterocycles. The van der Waals surface area contributed by atoms with Crippen LogP contribution in [0.25, 0.3) is 5.70 Å². The number of nitrogens with one attached hydrogen (secondary N) is 3. The van der Waals surface area contributed by atoms with E-state index in [2.05, 4.69) is 20.9 Å². The maximum Gasteiger partial charge on any atom is 0.387 e. The normalized spacial score (nSPS) is 11.2. The number of benzene rings is 2. The molecule has 138 valence electrons. The number of anilines is 1. The molecule has 0 bridgehead atoms. The first-order valence-electron chi connectivity index (χ1n) is 7.70. The minimum atomic E-state index is -2.85. The highest BCUT2D eigenvalue weighted by Gasteiger charge is 2.07. The highest BCUT2D eigenvalue weighted by Crippen LogP contribution is 2.23. The highest BCUT2D eigenvalue weighted by molar-refractivity contribution is 7.80. The Balaban J connectivity index is 1.96. The van der Waals surface area contributed by atoms with Crippen molar-refractivity contribution in [3.8, 4) is 5.75 Å². The van der Waals surface area contributed by atoms with Gasteiger partial charge >= 0.3 is 6.61 Å². The van der Waals surface area contributed by atoms with Crippen LogP contribution in [0.1, 0.15) is 18.1 Å². The van der Waals surface area contributed by atoms with Gasteiger partial charge in [-0.25, -0.2) is 0 Å². The van der Waals surface area contributed by atoms with Crippen molar-refractivity contribution in [2.75, 3.05) is 5.32 Å². The number of hydrazine groups is 1. The Bertz CT molecular complexity index is 798. The lowest BCUT2D eigenvalue weighted by Gasteiger charge is -2.16. The van der Waals surface area contributed by atoms with E-state index in [1.807, 2.05) is 32.1 Å². The molecule has 26 heavy (non-hydrogen) atoms. The largest absolute Gasteiger partial charge is 0.435 e. The van der Waals surface area contributed by atoms with Gasteiger partial charge in [-0.05, 0) is 73.6 Å². The molecule has 0 aliphatic heterocycles. The third kappa shape index (κ3) is 5.57. The first-order chi connectivity index (χ1) is 12.4. The first kappa shape index (κ1) is 19.9. The van der Waals surface area contributed by atoms with E-state index in [0.29, 0.717) is 10.1 Å². The molecule has 0 heterocycles. The minimum Gasteiger partial charge on any atom is -0.435 e. The van der Waals surface area contributed by atoms with Crippen LogP contribution in [0.15, 0.2) is 48.5 Å². The fraction of sp³-hybridized carbons (Fsp3) is 0.167. The van der Waals surface area contributed by atoms with Gasteiger partial charge in [0.15, 0.2) is 5.11 Å². The average molecular weight is 398 g/mol. The maximum absolute atomic E-state index is 12.2. The summed E-state index contributed by atoms with van der Waals surface area (Å²) < 4.78 is 28.7. The molecule has 0 aliphatic rings. The van der Waals surface area contributed by atoms with E-state index in [1.165, 1.54) is 12.1 Å². The third-order valence-corrected chi connectivity index (χ3v) is 4.12. The molecular weight excluding hydrogens is 380 g/mol. The van der Waals surface area contributed by atoms with E-state index in [4.69, 9.17) is 23.8 Å². The molecule has 4 nitrogen and oxygen atoms in total. The average Bonchev–Trinajstić information content (AvgIpc) is 2.60. The molecule has 0 aliphatic carbocycles. The molecule has 0 fully saturated rings. The summed E-state index contributed by atoms with van der Waals surface area (Å²) in [6.45, 7) is 0.881. The summed E-state index contributed by atoms with van der Waals surface area (Å²) >= 11 is 11.4. The van der Waals surface area contributed by atoms with Gasteiger partial charge in [0.1, 0.15) is 5.75 Å². The Morgan fingerprint density at radius 3 is 2.46 bits per heavy atom. The molecule has 0 aromatic heterocycles. The van der Waals surface area contributed by atoms with Crippen LogP contribution in [-0.2, 0) is 0 Å². The van der Waals surface area contributed by atoms with E-state index in [1.54, 1.807) is 18.2 Å². The van der Waals surface area contributed by atoms with E-state index >= 15 is 0 Å². The number of thiocarbonyl (C=S) groups is 1. The Morgan fingerprint density at radius 2 is 1.85 bits per heavy atom. The number of hydrogen-bond donors (Lipinski definition) is 3. The first-order valence-corrected chi connectivity index (χ1v) is 8.49. The topological polar surface area (TPSA) is 45.3 Å². The molecule has 0 radical (unpaired) electrons. The van der Waals surface area contributed by atoms with Crippen LogP contribution in [0.3, 0.4) is 0 Å². The van der Waals surface area contributed by atoms with Crippen LogP contribution in [0.4, 0.5) is 14.5 Å². The van der Waals surface area contributed by atoms with Crippen molar-refractivity contribution in [2.45, 2.75) is 20.5 Å². The van der Waals surface area contributed by atoms with Crippen molar-refractivity contribution in [3.63, 3.8) is 0 Å². The van der Waals surface area contributed by atoms with Crippen LogP contribution in [0, 0.1) is 6.92 Å². The Labute approximate surface area is 161 Å². The predicted octanol–water partition coefficient (Wildman–Crippen LogP) is 5.10. The summed E-state index contributed by atoms with van der Waals surface area (Å²) in [5.74, 6) is 0.0979. The van der Waals surface area contributed by atoms with Crippen molar-refractivity contribution < 1.29 is 13.5 Å². The van der Waals surface area contributed by atoms with E-state index in [0.717, 1.165) is 22.5 Å². The SMILES string of the molecule is C/C=C(\NNC(=S)Nc1cccc(Cl)c1C)c1ccc(OC(F)F)cc1. The zero-order valence-electron chi connectivity index (χ0n) is 14.1. The maximum atomic E-state index is 12.2. The van der Waals surface area contributed by atoms with Crippen molar-refractivity contribution >= 4 is 40.3 Å². The van der Waals surface area contributed by atoms with Gasteiger partial charge in [-0.1, -0.05) is 23.7 Å². The number of rotatable bonds is 6. The second kappa shape index (κ2) is 9.35. The van der Waals surface area contributed by atoms with Crippen LogP contribution in [0.5, 0.6) is 5.75 Å². The van der Waals surface area contributed by atoms with E-state index in [9.17, 15) is 8.78 Å². The summed E-state index contributed by atoms with van der Waals surface area (Å²) in [6, 6.07) is 11.8. The smallest absolute Gasteiger partial charge is 0.387 e. The molecule has 0 atom stereocenters. The van der Waals surface area contributed by atoms with Crippen molar-refractivity contribution in [2.24, 2.45) is 0 Å². The number of hydrogen-bond acceptors (Lipinski definition) is 3. The number of ether oxygens (including phenoxy) is 1. The molecule has 2 rings (SSSR count). The minimum absolute atomic E-state index is 0.0979. The fourth-order valence-corrected chi connectivity index (χ4v) is 2.48. The molecular formula is C18H18ClF2N3OS. The van der Waals surface area contributed by atoms with Gasteiger partial charge in [-0.3, -0.25) is 10.9 Å². The summed E-state index contributed by atoms with van der Waals surface area (Å²) in [4.78, 5) is 0.